The van der Waals surface area contributed by atoms with Gasteiger partial charge in [0.15, 0.2) is 0 Å². The second kappa shape index (κ2) is 7.92. The van der Waals surface area contributed by atoms with E-state index in [1.807, 2.05) is 6.92 Å². The van der Waals surface area contributed by atoms with Crippen LogP contribution >= 0.6 is 12.4 Å². The first-order valence-electron chi connectivity index (χ1n) is 7.07. The highest BCUT2D eigenvalue weighted by Crippen LogP contribution is 2.21. The maximum Gasteiger partial charge on any atom is 0.243 e. The number of sulfonamides is 1. The van der Waals surface area contributed by atoms with Crippen molar-refractivity contribution in [3.63, 3.8) is 0 Å². The summed E-state index contributed by atoms with van der Waals surface area (Å²) in [6.07, 6.45) is 0.387. The Morgan fingerprint density at radius 2 is 2.00 bits per heavy atom. The van der Waals surface area contributed by atoms with Crippen molar-refractivity contribution in [2.75, 3.05) is 25.0 Å². The first-order valence-corrected chi connectivity index (χ1v) is 8.51. The number of anilines is 1. The molecule has 1 aliphatic heterocycles. The van der Waals surface area contributed by atoms with Crippen LogP contribution in [0.4, 0.5) is 5.69 Å². The van der Waals surface area contributed by atoms with E-state index in [1.54, 1.807) is 19.1 Å². The van der Waals surface area contributed by atoms with E-state index in [1.165, 1.54) is 16.4 Å². The Bertz CT molecular complexity index is 604. The number of piperazine rings is 1. The summed E-state index contributed by atoms with van der Waals surface area (Å²) in [6, 6.07) is 6.24. The molecular formula is C14H22ClN3O3S. The third-order valence-corrected chi connectivity index (χ3v) is 5.53. The van der Waals surface area contributed by atoms with Crippen LogP contribution in [-0.2, 0) is 14.8 Å². The Hall–Kier alpha value is -1.15. The zero-order valence-corrected chi connectivity index (χ0v) is 14.3. The van der Waals surface area contributed by atoms with Gasteiger partial charge in [0, 0.05) is 37.8 Å². The number of carbonyl (C=O) groups is 1. The fraction of sp³-hybridized carbons (Fsp3) is 0.500. The predicted octanol–water partition coefficient (Wildman–Crippen LogP) is 1.44. The molecule has 1 saturated heterocycles. The summed E-state index contributed by atoms with van der Waals surface area (Å²) in [6.45, 7) is 5.44. The molecule has 1 aromatic rings. The van der Waals surface area contributed by atoms with Crippen LogP contribution in [0.1, 0.15) is 20.3 Å². The molecular weight excluding hydrogens is 326 g/mol. The van der Waals surface area contributed by atoms with Crippen molar-refractivity contribution < 1.29 is 13.2 Å². The van der Waals surface area contributed by atoms with Crippen LogP contribution in [-0.4, -0.2) is 44.3 Å². The Labute approximate surface area is 137 Å². The largest absolute Gasteiger partial charge is 0.326 e. The predicted molar refractivity (Wildman–Crippen MR) is 88.8 cm³/mol. The number of nitrogens with zero attached hydrogens (tertiary/aromatic N) is 1. The molecule has 1 amide bonds. The maximum atomic E-state index is 12.6. The first-order chi connectivity index (χ1) is 9.95. The van der Waals surface area contributed by atoms with Crippen LogP contribution in [0.5, 0.6) is 0 Å². The van der Waals surface area contributed by atoms with Crippen molar-refractivity contribution in [3.05, 3.63) is 24.3 Å². The van der Waals surface area contributed by atoms with Gasteiger partial charge in [0.05, 0.1) is 4.90 Å². The molecule has 1 heterocycles. The normalized spacial score (nSPS) is 19.3. The lowest BCUT2D eigenvalue weighted by Gasteiger charge is -2.32. The lowest BCUT2D eigenvalue weighted by atomic mass is 10.3. The van der Waals surface area contributed by atoms with Crippen molar-refractivity contribution in [2.24, 2.45) is 0 Å². The summed E-state index contributed by atoms with van der Waals surface area (Å²) in [4.78, 5) is 11.6. The molecule has 0 spiro atoms. The molecule has 0 saturated carbocycles. The van der Waals surface area contributed by atoms with Crippen molar-refractivity contribution >= 4 is 34.0 Å². The number of hydrogen-bond donors (Lipinski definition) is 2. The van der Waals surface area contributed by atoms with Crippen LogP contribution in [0.25, 0.3) is 0 Å². The van der Waals surface area contributed by atoms with E-state index in [2.05, 4.69) is 10.6 Å². The van der Waals surface area contributed by atoms with Gasteiger partial charge in [-0.3, -0.25) is 4.79 Å². The van der Waals surface area contributed by atoms with Crippen molar-refractivity contribution in [2.45, 2.75) is 31.2 Å². The third kappa shape index (κ3) is 4.19. The average molecular weight is 348 g/mol. The number of amides is 1. The number of rotatable bonds is 4. The highest BCUT2D eigenvalue weighted by atomic mass is 35.5. The number of benzene rings is 1. The van der Waals surface area contributed by atoms with E-state index in [0.717, 1.165) is 0 Å². The van der Waals surface area contributed by atoms with Gasteiger partial charge in [0.25, 0.3) is 0 Å². The van der Waals surface area contributed by atoms with E-state index in [9.17, 15) is 13.2 Å². The molecule has 0 bridgehead atoms. The zero-order chi connectivity index (χ0) is 15.5. The minimum atomic E-state index is -3.48. The fourth-order valence-corrected chi connectivity index (χ4v) is 3.91. The second-order valence-electron chi connectivity index (χ2n) is 5.10. The van der Waals surface area contributed by atoms with Crippen molar-refractivity contribution in [1.82, 2.24) is 9.62 Å². The molecule has 0 radical (unpaired) electrons. The summed E-state index contributed by atoms with van der Waals surface area (Å²) in [5.41, 5.74) is 0.606. The van der Waals surface area contributed by atoms with E-state index in [4.69, 9.17) is 0 Å². The van der Waals surface area contributed by atoms with Gasteiger partial charge >= 0.3 is 0 Å². The van der Waals surface area contributed by atoms with Gasteiger partial charge in [0.1, 0.15) is 0 Å². The fourth-order valence-electron chi connectivity index (χ4n) is 2.27. The van der Waals surface area contributed by atoms with Crippen molar-refractivity contribution in [1.29, 1.82) is 0 Å². The molecule has 0 aromatic heterocycles. The Morgan fingerprint density at radius 1 is 1.36 bits per heavy atom. The topological polar surface area (TPSA) is 78.5 Å². The van der Waals surface area contributed by atoms with Gasteiger partial charge in [-0.1, -0.05) is 6.92 Å². The molecule has 6 nitrogen and oxygen atoms in total. The Balaban J connectivity index is 0.00000242. The summed E-state index contributed by atoms with van der Waals surface area (Å²) in [5.74, 6) is -0.0960. The summed E-state index contributed by atoms with van der Waals surface area (Å²) >= 11 is 0. The standard InChI is InChI=1S/C14H21N3O3S.ClH/c1-3-14(18)16-12-4-6-13(7-5-12)21(19,20)17-9-8-15-10-11(17)2;/h4-7,11,15H,3,8-10H2,1-2H3,(H,16,18);1H. The van der Waals surface area contributed by atoms with E-state index in [0.29, 0.717) is 31.7 Å². The second-order valence-corrected chi connectivity index (χ2v) is 6.99. The monoisotopic (exact) mass is 347 g/mol. The van der Waals surface area contributed by atoms with Crippen LogP contribution in [0.15, 0.2) is 29.2 Å². The van der Waals surface area contributed by atoms with E-state index < -0.39 is 10.0 Å². The minimum Gasteiger partial charge on any atom is -0.326 e. The van der Waals surface area contributed by atoms with Gasteiger partial charge in [-0.2, -0.15) is 4.31 Å². The highest BCUT2D eigenvalue weighted by Gasteiger charge is 2.30. The van der Waals surface area contributed by atoms with E-state index >= 15 is 0 Å². The molecule has 1 aliphatic rings. The third-order valence-electron chi connectivity index (χ3n) is 3.51. The lowest BCUT2D eigenvalue weighted by Crippen LogP contribution is -2.52. The SMILES string of the molecule is CCC(=O)Nc1ccc(S(=O)(=O)N2CCNCC2C)cc1.Cl. The van der Waals surface area contributed by atoms with Gasteiger partial charge in [-0.25, -0.2) is 8.42 Å². The summed E-state index contributed by atoms with van der Waals surface area (Å²) < 4.78 is 26.7. The molecule has 1 fully saturated rings. The number of hydrogen-bond acceptors (Lipinski definition) is 4. The quantitative estimate of drug-likeness (QED) is 0.863. The number of halogens is 1. The summed E-state index contributed by atoms with van der Waals surface area (Å²) in [5, 5.41) is 5.87. The first kappa shape index (κ1) is 18.9. The zero-order valence-electron chi connectivity index (χ0n) is 12.7. The van der Waals surface area contributed by atoms with Crippen molar-refractivity contribution in [3.8, 4) is 0 Å². The van der Waals surface area contributed by atoms with Crippen LogP contribution < -0.4 is 10.6 Å². The smallest absolute Gasteiger partial charge is 0.243 e. The number of carbonyl (C=O) groups excluding carboxylic acids is 1. The lowest BCUT2D eigenvalue weighted by molar-refractivity contribution is -0.115. The minimum absolute atomic E-state index is 0. The van der Waals surface area contributed by atoms with Crippen LogP contribution in [0.3, 0.4) is 0 Å². The molecule has 124 valence electrons. The molecule has 2 N–H and O–H groups in total. The van der Waals surface area contributed by atoms with Gasteiger partial charge in [-0.05, 0) is 31.2 Å². The average Bonchev–Trinajstić information content (AvgIpc) is 2.48. The van der Waals surface area contributed by atoms with Gasteiger partial charge < -0.3 is 10.6 Å². The molecule has 1 aromatic carbocycles. The van der Waals surface area contributed by atoms with E-state index in [-0.39, 0.29) is 29.3 Å². The molecule has 8 heteroatoms. The Kier molecular flexibility index (Phi) is 6.80. The molecule has 22 heavy (non-hydrogen) atoms. The molecule has 0 aliphatic carbocycles. The van der Waals surface area contributed by atoms with Crippen LogP contribution in [0, 0.1) is 0 Å². The Morgan fingerprint density at radius 3 is 2.55 bits per heavy atom. The highest BCUT2D eigenvalue weighted by molar-refractivity contribution is 7.89. The number of nitrogens with one attached hydrogen (secondary N) is 2. The van der Waals surface area contributed by atoms with Gasteiger partial charge in [-0.15, -0.1) is 12.4 Å². The molecule has 1 atom stereocenters. The summed E-state index contributed by atoms with van der Waals surface area (Å²) in [7, 11) is -3.48. The molecule has 1 unspecified atom stereocenters. The van der Waals surface area contributed by atoms with Gasteiger partial charge in [0.2, 0.25) is 15.9 Å². The molecule has 2 rings (SSSR count). The maximum absolute atomic E-state index is 12.6. The van der Waals surface area contributed by atoms with Crippen LogP contribution in [0.2, 0.25) is 0 Å².